The maximum absolute atomic E-state index is 11.9. The van der Waals surface area contributed by atoms with Crippen LogP contribution in [0.5, 0.6) is 0 Å². The molecule has 0 aromatic heterocycles. The first kappa shape index (κ1) is 11.4. The highest BCUT2D eigenvalue weighted by atomic mass is 79.9. The minimum atomic E-state index is -4.51. The van der Waals surface area contributed by atoms with Crippen LogP contribution in [-0.2, 0) is 0 Å². The monoisotopic (exact) mass is 242 g/mol. The zero-order valence-electron chi connectivity index (χ0n) is 6.19. The van der Waals surface area contributed by atoms with Crippen molar-refractivity contribution in [3.05, 3.63) is 11.1 Å². The summed E-state index contributed by atoms with van der Waals surface area (Å²) in [6, 6.07) is 0. The predicted molar refractivity (Wildman–Crippen MR) is 46.0 cm³/mol. The van der Waals surface area contributed by atoms with Gasteiger partial charge in [0, 0.05) is 17.7 Å². The van der Waals surface area contributed by atoms with E-state index in [9.17, 15) is 13.2 Å². The van der Waals surface area contributed by atoms with Crippen LogP contribution in [0.3, 0.4) is 0 Å². The molecule has 2 nitrogen and oxygen atoms in total. The Morgan fingerprint density at radius 2 is 2.00 bits per heavy atom. The third-order valence-corrected chi connectivity index (χ3v) is 0.997. The Bertz CT molecular complexity index is 229. The molecule has 0 fully saturated rings. The van der Waals surface area contributed by atoms with Gasteiger partial charge in [0.2, 0.25) is 5.84 Å². The Morgan fingerprint density at radius 3 is 2.25 bits per heavy atom. The summed E-state index contributed by atoms with van der Waals surface area (Å²) >= 11 is 2.83. The standard InChI is InChI=1S/C6H6BrF3N2/c1-4(7)3-12-5(11-2)6(8,9)10/h3H,1H2,2H3/b11-5-,12-3-. The number of alkyl halides is 3. The van der Waals surface area contributed by atoms with Crippen LogP contribution in [0, 0.1) is 0 Å². The Morgan fingerprint density at radius 1 is 1.50 bits per heavy atom. The molecular weight excluding hydrogens is 237 g/mol. The van der Waals surface area contributed by atoms with E-state index in [-0.39, 0.29) is 4.48 Å². The molecule has 0 aromatic carbocycles. The van der Waals surface area contributed by atoms with E-state index in [2.05, 4.69) is 32.5 Å². The summed E-state index contributed by atoms with van der Waals surface area (Å²) in [7, 11) is 1.02. The van der Waals surface area contributed by atoms with E-state index in [0.717, 1.165) is 13.3 Å². The van der Waals surface area contributed by atoms with Crippen molar-refractivity contribution in [2.24, 2.45) is 9.98 Å². The summed E-state index contributed by atoms with van der Waals surface area (Å²) in [6.45, 7) is 3.29. The number of hydrogen-bond acceptors (Lipinski definition) is 1. The third kappa shape index (κ3) is 4.27. The van der Waals surface area contributed by atoms with E-state index < -0.39 is 12.0 Å². The predicted octanol–water partition coefficient (Wildman–Crippen LogP) is 2.56. The molecule has 0 aliphatic heterocycles. The van der Waals surface area contributed by atoms with E-state index in [4.69, 9.17) is 0 Å². The molecule has 0 saturated carbocycles. The van der Waals surface area contributed by atoms with E-state index in [1.54, 1.807) is 0 Å². The van der Waals surface area contributed by atoms with Crippen molar-refractivity contribution >= 4 is 28.0 Å². The van der Waals surface area contributed by atoms with E-state index in [1.807, 2.05) is 0 Å². The zero-order valence-corrected chi connectivity index (χ0v) is 7.78. The van der Waals surface area contributed by atoms with Crippen LogP contribution in [0.4, 0.5) is 13.2 Å². The van der Waals surface area contributed by atoms with Gasteiger partial charge in [0.1, 0.15) is 0 Å². The quantitative estimate of drug-likeness (QED) is 0.499. The van der Waals surface area contributed by atoms with Gasteiger partial charge in [0.25, 0.3) is 0 Å². The molecule has 0 heterocycles. The maximum atomic E-state index is 11.9. The molecule has 0 amide bonds. The minimum absolute atomic E-state index is 0.257. The second kappa shape index (κ2) is 4.39. The number of aliphatic imine (C=N–C) groups is 2. The van der Waals surface area contributed by atoms with Crippen molar-refractivity contribution in [1.29, 1.82) is 0 Å². The molecule has 0 radical (unpaired) electrons. The van der Waals surface area contributed by atoms with Crippen LogP contribution in [0.15, 0.2) is 21.0 Å². The highest BCUT2D eigenvalue weighted by Gasteiger charge is 2.34. The second-order valence-corrected chi connectivity index (χ2v) is 2.77. The number of allylic oxidation sites excluding steroid dienone is 1. The molecular formula is C6H6BrF3N2. The highest BCUT2D eigenvalue weighted by molar-refractivity contribution is 9.12. The van der Waals surface area contributed by atoms with E-state index >= 15 is 0 Å². The molecule has 0 saturated heterocycles. The van der Waals surface area contributed by atoms with Gasteiger partial charge in [-0.15, -0.1) is 0 Å². The fourth-order valence-corrected chi connectivity index (χ4v) is 0.491. The normalized spacial score (nSPS) is 13.9. The number of amidine groups is 1. The zero-order chi connectivity index (χ0) is 9.78. The average Bonchev–Trinajstić information content (AvgIpc) is 1.85. The molecule has 0 aliphatic carbocycles. The minimum Gasteiger partial charge on any atom is -0.266 e. The van der Waals surface area contributed by atoms with Crippen molar-refractivity contribution in [3.63, 3.8) is 0 Å². The summed E-state index contributed by atoms with van der Waals surface area (Å²) in [4.78, 5) is 6.03. The molecule has 0 rings (SSSR count). The molecule has 0 aliphatic rings. The summed E-state index contributed by atoms with van der Waals surface area (Å²) in [5.74, 6) is -1.18. The Hall–Kier alpha value is -0.650. The van der Waals surface area contributed by atoms with Gasteiger partial charge in [-0.05, 0) is 15.9 Å². The molecule has 0 atom stereocenters. The first-order chi connectivity index (χ1) is 5.38. The maximum Gasteiger partial charge on any atom is 0.451 e. The number of halogens is 4. The molecule has 0 spiro atoms. The fourth-order valence-electron chi connectivity index (χ4n) is 0.389. The fraction of sp³-hybridized carbons (Fsp3) is 0.333. The lowest BCUT2D eigenvalue weighted by Gasteiger charge is -2.02. The first-order valence-electron chi connectivity index (χ1n) is 2.80. The second-order valence-electron chi connectivity index (χ2n) is 1.75. The van der Waals surface area contributed by atoms with Crippen LogP contribution in [0.25, 0.3) is 0 Å². The van der Waals surface area contributed by atoms with E-state index in [0.29, 0.717) is 0 Å². The lowest BCUT2D eigenvalue weighted by molar-refractivity contribution is -0.0597. The van der Waals surface area contributed by atoms with Crippen LogP contribution in [0.2, 0.25) is 0 Å². The molecule has 68 valence electrons. The largest absolute Gasteiger partial charge is 0.451 e. The Balaban J connectivity index is 4.53. The molecule has 0 aromatic rings. The van der Waals surface area contributed by atoms with Gasteiger partial charge in [-0.25, -0.2) is 4.99 Å². The van der Waals surface area contributed by atoms with Crippen molar-refractivity contribution in [2.45, 2.75) is 6.18 Å². The Kier molecular flexibility index (Phi) is 4.16. The average molecular weight is 243 g/mol. The third-order valence-electron chi connectivity index (χ3n) is 0.792. The molecule has 12 heavy (non-hydrogen) atoms. The number of hydrogen-bond donors (Lipinski definition) is 0. The van der Waals surface area contributed by atoms with Crippen molar-refractivity contribution in [1.82, 2.24) is 0 Å². The molecule has 0 bridgehead atoms. The van der Waals surface area contributed by atoms with Gasteiger partial charge in [-0.2, -0.15) is 13.2 Å². The van der Waals surface area contributed by atoms with Gasteiger partial charge >= 0.3 is 6.18 Å². The summed E-state index contributed by atoms with van der Waals surface area (Å²) in [5, 5.41) is 0. The molecule has 6 heteroatoms. The van der Waals surface area contributed by atoms with Crippen molar-refractivity contribution in [3.8, 4) is 0 Å². The van der Waals surface area contributed by atoms with Gasteiger partial charge in [-0.3, -0.25) is 4.99 Å². The summed E-state index contributed by atoms with van der Waals surface area (Å²) in [5.41, 5.74) is 0. The summed E-state index contributed by atoms with van der Waals surface area (Å²) in [6.07, 6.45) is -3.57. The molecule has 0 unspecified atom stereocenters. The SMILES string of the molecule is C=C(Br)/C=N\C(=N/C)C(F)(F)F. The van der Waals surface area contributed by atoms with Crippen molar-refractivity contribution in [2.75, 3.05) is 7.05 Å². The van der Waals surface area contributed by atoms with Gasteiger partial charge in [0.05, 0.1) is 0 Å². The van der Waals surface area contributed by atoms with Crippen LogP contribution in [-0.4, -0.2) is 25.3 Å². The van der Waals surface area contributed by atoms with Gasteiger partial charge in [0.15, 0.2) is 0 Å². The topological polar surface area (TPSA) is 24.7 Å². The first-order valence-corrected chi connectivity index (χ1v) is 3.59. The van der Waals surface area contributed by atoms with Crippen LogP contribution < -0.4 is 0 Å². The van der Waals surface area contributed by atoms with E-state index in [1.165, 1.54) is 0 Å². The Labute approximate surface area is 76.0 Å². The lowest BCUT2D eigenvalue weighted by Crippen LogP contribution is -2.20. The highest BCUT2D eigenvalue weighted by Crippen LogP contribution is 2.17. The van der Waals surface area contributed by atoms with Crippen molar-refractivity contribution < 1.29 is 13.2 Å². The summed E-state index contributed by atoms with van der Waals surface area (Å²) < 4.78 is 35.9. The van der Waals surface area contributed by atoms with Crippen LogP contribution >= 0.6 is 15.9 Å². The van der Waals surface area contributed by atoms with Crippen LogP contribution in [0.1, 0.15) is 0 Å². The number of nitrogens with zero attached hydrogens (tertiary/aromatic N) is 2. The van der Waals surface area contributed by atoms with Gasteiger partial charge < -0.3 is 0 Å². The number of rotatable bonds is 1. The smallest absolute Gasteiger partial charge is 0.266 e. The lowest BCUT2D eigenvalue weighted by atomic mass is 10.5. The van der Waals surface area contributed by atoms with Gasteiger partial charge in [-0.1, -0.05) is 6.58 Å². The molecule has 0 N–H and O–H groups in total.